The van der Waals surface area contributed by atoms with Crippen LogP contribution in [0, 0.1) is 0 Å². The molecule has 8 nitrogen and oxygen atoms in total. The molecule has 0 aliphatic carbocycles. The lowest BCUT2D eigenvalue weighted by molar-refractivity contribution is 0.251. The molecule has 4 rings (SSSR count). The second-order valence-corrected chi connectivity index (χ2v) is 7.09. The van der Waals surface area contributed by atoms with E-state index in [0.717, 1.165) is 48.9 Å². The Morgan fingerprint density at radius 2 is 1.90 bits per heavy atom. The predicted molar refractivity (Wildman–Crippen MR) is 113 cm³/mol. The van der Waals surface area contributed by atoms with Crippen molar-refractivity contribution in [1.82, 2.24) is 25.0 Å². The molecular weight excluding hydrogens is 366 g/mol. The lowest BCUT2D eigenvalue weighted by atomic mass is 10.2. The smallest absolute Gasteiger partial charge is 0.319 e. The number of nitrogens with one attached hydrogen (secondary N) is 2. The van der Waals surface area contributed by atoms with E-state index >= 15 is 0 Å². The molecule has 3 heterocycles. The third-order valence-corrected chi connectivity index (χ3v) is 5.00. The van der Waals surface area contributed by atoms with E-state index in [1.54, 1.807) is 17.1 Å². The van der Waals surface area contributed by atoms with Crippen LogP contribution in [0.15, 0.2) is 61.1 Å². The van der Waals surface area contributed by atoms with E-state index in [9.17, 15) is 4.79 Å². The maximum absolute atomic E-state index is 12.5. The van der Waals surface area contributed by atoms with Crippen molar-refractivity contribution in [2.45, 2.75) is 6.54 Å². The van der Waals surface area contributed by atoms with Gasteiger partial charge in [0.05, 0.1) is 11.4 Å². The average molecular weight is 391 g/mol. The topological polar surface area (TPSA) is 78.3 Å². The van der Waals surface area contributed by atoms with E-state index in [-0.39, 0.29) is 6.03 Å². The Bertz CT molecular complexity index is 949. The van der Waals surface area contributed by atoms with Gasteiger partial charge >= 0.3 is 6.03 Å². The number of urea groups is 1. The zero-order valence-corrected chi connectivity index (χ0v) is 16.5. The van der Waals surface area contributed by atoms with E-state index in [1.165, 1.54) is 0 Å². The highest BCUT2D eigenvalue weighted by atomic mass is 16.2. The minimum Gasteiger partial charge on any atom is -0.367 e. The van der Waals surface area contributed by atoms with Gasteiger partial charge in [0.25, 0.3) is 0 Å². The average Bonchev–Trinajstić information content (AvgIpc) is 3.29. The van der Waals surface area contributed by atoms with Crippen molar-refractivity contribution in [2.24, 2.45) is 0 Å². The van der Waals surface area contributed by atoms with Crippen molar-refractivity contribution in [3.63, 3.8) is 0 Å². The number of piperazine rings is 1. The number of para-hydroxylation sites is 2. The minimum atomic E-state index is -0.232. The largest absolute Gasteiger partial charge is 0.367 e. The fourth-order valence-corrected chi connectivity index (χ4v) is 3.35. The summed E-state index contributed by atoms with van der Waals surface area (Å²) in [6.45, 7) is 4.33. The maximum Gasteiger partial charge on any atom is 0.319 e. The number of aromatic nitrogens is 3. The third-order valence-electron chi connectivity index (χ3n) is 5.00. The second-order valence-electron chi connectivity index (χ2n) is 7.09. The van der Waals surface area contributed by atoms with Gasteiger partial charge in [-0.3, -0.25) is 0 Å². The van der Waals surface area contributed by atoms with Crippen LogP contribution in [0.3, 0.4) is 0 Å². The van der Waals surface area contributed by atoms with Crippen molar-refractivity contribution < 1.29 is 4.79 Å². The Balaban J connectivity index is 1.38. The Kier molecular flexibility index (Phi) is 5.71. The SMILES string of the molecule is CN1CCN(c2ccccc2NC(=O)NCc2ccnc(-n3cccn3)c2)CC1. The molecule has 1 saturated heterocycles. The monoisotopic (exact) mass is 391 g/mol. The summed E-state index contributed by atoms with van der Waals surface area (Å²) < 4.78 is 1.69. The number of rotatable bonds is 5. The summed E-state index contributed by atoms with van der Waals surface area (Å²) in [5, 5.41) is 10.1. The molecular formula is C21H25N7O. The summed E-state index contributed by atoms with van der Waals surface area (Å²) in [6.07, 6.45) is 5.26. The maximum atomic E-state index is 12.5. The molecule has 8 heteroatoms. The molecule has 29 heavy (non-hydrogen) atoms. The first-order chi connectivity index (χ1) is 14.2. The third kappa shape index (κ3) is 4.72. The number of pyridine rings is 1. The first kappa shape index (κ1) is 18.9. The molecule has 2 aromatic heterocycles. The fourth-order valence-electron chi connectivity index (χ4n) is 3.35. The zero-order chi connectivity index (χ0) is 20.1. The van der Waals surface area contributed by atoms with Crippen molar-refractivity contribution in [3.8, 4) is 5.82 Å². The van der Waals surface area contributed by atoms with E-state index in [2.05, 4.69) is 43.6 Å². The number of likely N-dealkylation sites (N-methyl/N-ethyl adjacent to an activating group) is 1. The zero-order valence-electron chi connectivity index (χ0n) is 16.5. The molecule has 1 aliphatic rings. The van der Waals surface area contributed by atoms with Crippen LogP contribution in [0.2, 0.25) is 0 Å². The number of hydrogen-bond donors (Lipinski definition) is 2. The Hall–Kier alpha value is -3.39. The Morgan fingerprint density at radius 1 is 1.07 bits per heavy atom. The second kappa shape index (κ2) is 8.74. The summed E-state index contributed by atoms with van der Waals surface area (Å²) >= 11 is 0. The van der Waals surface area contributed by atoms with Crippen LogP contribution in [-0.2, 0) is 6.54 Å². The van der Waals surface area contributed by atoms with E-state index < -0.39 is 0 Å². The van der Waals surface area contributed by atoms with Crippen molar-refractivity contribution in [2.75, 3.05) is 43.4 Å². The van der Waals surface area contributed by atoms with E-state index in [4.69, 9.17) is 0 Å². The van der Waals surface area contributed by atoms with Crippen molar-refractivity contribution in [1.29, 1.82) is 0 Å². The summed E-state index contributed by atoms with van der Waals surface area (Å²) in [5.74, 6) is 0.718. The highest BCUT2D eigenvalue weighted by Crippen LogP contribution is 2.26. The first-order valence-electron chi connectivity index (χ1n) is 9.71. The van der Waals surface area contributed by atoms with Gasteiger partial charge in [-0.05, 0) is 42.9 Å². The van der Waals surface area contributed by atoms with E-state index in [0.29, 0.717) is 6.54 Å². The number of anilines is 2. The molecule has 0 radical (unpaired) electrons. The van der Waals surface area contributed by atoms with Gasteiger partial charge in [0.15, 0.2) is 5.82 Å². The van der Waals surface area contributed by atoms with Crippen LogP contribution in [0.4, 0.5) is 16.2 Å². The molecule has 3 aromatic rings. The molecule has 0 bridgehead atoms. The normalized spacial score (nSPS) is 14.6. The van der Waals surface area contributed by atoms with Crippen molar-refractivity contribution >= 4 is 17.4 Å². The van der Waals surface area contributed by atoms with Gasteiger partial charge < -0.3 is 20.4 Å². The number of hydrogen-bond acceptors (Lipinski definition) is 5. The van der Waals surface area contributed by atoms with Gasteiger partial charge in [-0.2, -0.15) is 5.10 Å². The summed E-state index contributed by atoms with van der Waals surface area (Å²) in [4.78, 5) is 21.4. The van der Waals surface area contributed by atoms with Crippen molar-refractivity contribution in [3.05, 3.63) is 66.6 Å². The van der Waals surface area contributed by atoms with Crippen LogP contribution in [0.5, 0.6) is 0 Å². The summed E-state index contributed by atoms with van der Waals surface area (Å²) in [5.41, 5.74) is 2.83. The quantitative estimate of drug-likeness (QED) is 0.698. The van der Waals surface area contributed by atoms with Crippen LogP contribution in [-0.4, -0.2) is 58.9 Å². The van der Waals surface area contributed by atoms with Crippen LogP contribution in [0.25, 0.3) is 5.82 Å². The summed E-state index contributed by atoms with van der Waals surface area (Å²) in [7, 11) is 2.13. The fraction of sp³-hybridized carbons (Fsp3) is 0.286. The molecule has 1 aromatic carbocycles. The standard InChI is InChI=1S/C21H25N7O/c1-26-11-13-27(14-12-26)19-6-3-2-5-18(19)25-21(29)23-16-17-7-9-22-20(15-17)28-10-4-8-24-28/h2-10,15H,11-14,16H2,1H3,(H2,23,25,29). The molecule has 150 valence electrons. The molecule has 1 aliphatic heterocycles. The van der Waals surface area contributed by atoms with Gasteiger partial charge in [0.2, 0.25) is 0 Å². The Morgan fingerprint density at radius 3 is 2.69 bits per heavy atom. The van der Waals surface area contributed by atoms with E-state index in [1.807, 2.05) is 42.6 Å². The van der Waals surface area contributed by atoms with Gasteiger partial charge in [0, 0.05) is 51.3 Å². The summed E-state index contributed by atoms with van der Waals surface area (Å²) in [6, 6.07) is 13.3. The van der Waals surface area contributed by atoms with Crippen LogP contribution in [0.1, 0.15) is 5.56 Å². The van der Waals surface area contributed by atoms with Gasteiger partial charge in [-0.25, -0.2) is 14.5 Å². The number of nitrogens with zero attached hydrogens (tertiary/aromatic N) is 5. The molecule has 0 unspecified atom stereocenters. The molecule has 0 saturated carbocycles. The Labute approximate surface area is 170 Å². The minimum absolute atomic E-state index is 0.232. The molecule has 0 spiro atoms. The molecule has 0 atom stereocenters. The molecule has 2 amide bonds. The molecule has 2 N–H and O–H groups in total. The predicted octanol–water partition coefficient (Wildman–Crippen LogP) is 2.34. The number of benzene rings is 1. The molecule has 1 fully saturated rings. The first-order valence-corrected chi connectivity index (χ1v) is 9.71. The number of carbonyl (C=O) groups excluding carboxylic acids is 1. The lowest BCUT2D eigenvalue weighted by Gasteiger charge is -2.35. The van der Waals surface area contributed by atoms with Crippen LogP contribution >= 0.6 is 0 Å². The number of carbonyl (C=O) groups is 1. The van der Waals surface area contributed by atoms with Gasteiger partial charge in [0.1, 0.15) is 0 Å². The van der Waals surface area contributed by atoms with Gasteiger partial charge in [-0.1, -0.05) is 12.1 Å². The highest BCUT2D eigenvalue weighted by molar-refractivity contribution is 5.93. The van der Waals surface area contributed by atoms with Crippen LogP contribution < -0.4 is 15.5 Å². The number of amides is 2. The lowest BCUT2D eigenvalue weighted by Crippen LogP contribution is -2.44. The highest BCUT2D eigenvalue weighted by Gasteiger charge is 2.17. The van der Waals surface area contributed by atoms with Gasteiger partial charge in [-0.15, -0.1) is 0 Å².